The molecule has 2 heterocycles. The number of alkyl halides is 3. The molecular formula is C22H22F3N5OS. The highest BCUT2D eigenvalue weighted by molar-refractivity contribution is 7.80. The molecule has 0 amide bonds. The van der Waals surface area contributed by atoms with Gasteiger partial charge in [-0.15, -0.1) is 0 Å². The molecular weight excluding hydrogens is 439 g/mol. The Morgan fingerprint density at radius 2 is 1.75 bits per heavy atom. The van der Waals surface area contributed by atoms with E-state index >= 15 is 0 Å². The monoisotopic (exact) mass is 461 g/mol. The van der Waals surface area contributed by atoms with Crippen molar-refractivity contribution in [3.05, 3.63) is 66.0 Å². The number of thiocarbonyl (C=S) groups is 1. The Morgan fingerprint density at radius 1 is 1.00 bits per heavy atom. The summed E-state index contributed by atoms with van der Waals surface area (Å²) in [7, 11) is 0. The van der Waals surface area contributed by atoms with Crippen molar-refractivity contribution in [3.63, 3.8) is 0 Å². The minimum atomic E-state index is -4.45. The van der Waals surface area contributed by atoms with Crippen molar-refractivity contribution >= 4 is 23.0 Å². The van der Waals surface area contributed by atoms with Gasteiger partial charge in [0.25, 0.3) is 5.89 Å². The molecule has 1 aromatic heterocycles. The quantitative estimate of drug-likeness (QED) is 0.567. The maximum atomic E-state index is 13.3. The number of halogens is 3. The van der Waals surface area contributed by atoms with Crippen LogP contribution >= 0.6 is 12.2 Å². The van der Waals surface area contributed by atoms with Gasteiger partial charge in [0.15, 0.2) is 10.9 Å². The predicted octanol–water partition coefficient (Wildman–Crippen LogP) is 4.66. The molecule has 1 fully saturated rings. The van der Waals surface area contributed by atoms with Gasteiger partial charge in [0, 0.05) is 31.7 Å². The third-order valence-electron chi connectivity index (χ3n) is 5.20. The van der Waals surface area contributed by atoms with Crippen molar-refractivity contribution in [3.8, 4) is 11.5 Å². The molecule has 0 bridgehead atoms. The van der Waals surface area contributed by atoms with Gasteiger partial charge in [0.05, 0.1) is 17.8 Å². The topological polar surface area (TPSA) is 57.4 Å². The first kappa shape index (κ1) is 22.2. The molecule has 6 nitrogen and oxygen atoms in total. The molecule has 168 valence electrons. The number of anilines is 1. The number of hydrogen-bond donors (Lipinski definition) is 1. The van der Waals surface area contributed by atoms with Crippen LogP contribution < -0.4 is 5.32 Å². The second kappa shape index (κ2) is 9.66. The van der Waals surface area contributed by atoms with Crippen LogP contribution in [0.4, 0.5) is 18.9 Å². The lowest BCUT2D eigenvalue weighted by Crippen LogP contribution is -2.38. The standard InChI is InChI=1S/C22H22F3N5OS/c23-22(24,25)17-9-4-5-10-18(17)26-21(32)30-12-6-11-29(13-14-30)15-19-27-20(31-28-19)16-7-2-1-3-8-16/h1-5,7-10H,6,11-15H2,(H,26,32). The maximum absolute atomic E-state index is 13.3. The normalized spacial score (nSPS) is 15.4. The Balaban J connectivity index is 1.35. The van der Waals surface area contributed by atoms with Crippen LogP contribution in [0.5, 0.6) is 0 Å². The smallest absolute Gasteiger partial charge is 0.348 e. The van der Waals surface area contributed by atoms with Gasteiger partial charge in [-0.2, -0.15) is 18.2 Å². The zero-order chi connectivity index (χ0) is 22.6. The van der Waals surface area contributed by atoms with Crippen LogP contribution in [-0.4, -0.2) is 51.2 Å². The Bertz CT molecular complexity index is 1060. The number of rotatable bonds is 4. The Morgan fingerprint density at radius 3 is 2.53 bits per heavy atom. The average molecular weight is 462 g/mol. The maximum Gasteiger partial charge on any atom is 0.418 e. The highest BCUT2D eigenvalue weighted by Crippen LogP contribution is 2.34. The number of aromatic nitrogens is 2. The fourth-order valence-electron chi connectivity index (χ4n) is 3.58. The van der Waals surface area contributed by atoms with E-state index in [1.165, 1.54) is 12.1 Å². The van der Waals surface area contributed by atoms with Crippen molar-refractivity contribution < 1.29 is 17.7 Å². The zero-order valence-corrected chi connectivity index (χ0v) is 18.0. The van der Waals surface area contributed by atoms with Crippen LogP contribution in [0.3, 0.4) is 0 Å². The molecule has 1 aliphatic rings. The number of benzene rings is 2. The Kier molecular flexibility index (Phi) is 6.71. The summed E-state index contributed by atoms with van der Waals surface area (Å²) in [4.78, 5) is 8.55. The van der Waals surface area contributed by atoms with Crippen molar-refractivity contribution in [1.29, 1.82) is 0 Å². The summed E-state index contributed by atoms with van der Waals surface area (Å²) < 4.78 is 45.1. The van der Waals surface area contributed by atoms with E-state index in [0.717, 1.165) is 24.6 Å². The molecule has 10 heteroatoms. The summed E-state index contributed by atoms with van der Waals surface area (Å²) in [6, 6.07) is 14.9. The number of nitrogens with one attached hydrogen (secondary N) is 1. The molecule has 0 saturated carbocycles. The fourth-order valence-corrected chi connectivity index (χ4v) is 3.87. The first-order valence-electron chi connectivity index (χ1n) is 10.2. The number of para-hydroxylation sites is 1. The van der Waals surface area contributed by atoms with Crippen molar-refractivity contribution in [2.24, 2.45) is 0 Å². The molecule has 1 aliphatic heterocycles. The second-order valence-electron chi connectivity index (χ2n) is 7.47. The van der Waals surface area contributed by atoms with Crippen LogP contribution in [0.2, 0.25) is 0 Å². The minimum absolute atomic E-state index is 0.0358. The van der Waals surface area contributed by atoms with E-state index in [2.05, 4.69) is 20.4 Å². The first-order chi connectivity index (χ1) is 15.4. The average Bonchev–Trinajstić information content (AvgIpc) is 3.11. The lowest BCUT2D eigenvalue weighted by molar-refractivity contribution is -0.136. The molecule has 3 aromatic rings. The molecule has 4 rings (SSSR count). The highest BCUT2D eigenvalue weighted by atomic mass is 32.1. The van der Waals surface area contributed by atoms with E-state index in [1.54, 1.807) is 6.07 Å². The summed E-state index contributed by atoms with van der Waals surface area (Å²) in [5, 5.41) is 7.14. The van der Waals surface area contributed by atoms with Crippen molar-refractivity contribution in [2.45, 2.75) is 19.1 Å². The number of nitrogens with zero attached hydrogens (tertiary/aromatic N) is 4. The van der Waals surface area contributed by atoms with Gasteiger partial charge in [-0.25, -0.2) is 0 Å². The van der Waals surface area contributed by atoms with Crippen LogP contribution in [0, 0.1) is 0 Å². The van der Waals surface area contributed by atoms with Gasteiger partial charge in [0.2, 0.25) is 0 Å². The minimum Gasteiger partial charge on any atom is -0.348 e. The van der Waals surface area contributed by atoms with Crippen LogP contribution in [0.15, 0.2) is 59.1 Å². The lowest BCUT2D eigenvalue weighted by atomic mass is 10.1. The highest BCUT2D eigenvalue weighted by Gasteiger charge is 2.33. The molecule has 1 saturated heterocycles. The third-order valence-corrected chi connectivity index (χ3v) is 5.56. The van der Waals surface area contributed by atoms with Crippen LogP contribution in [0.1, 0.15) is 17.8 Å². The summed E-state index contributed by atoms with van der Waals surface area (Å²) >= 11 is 5.41. The van der Waals surface area contributed by atoms with Gasteiger partial charge in [-0.3, -0.25) is 4.90 Å². The van der Waals surface area contributed by atoms with Crippen molar-refractivity contribution in [2.75, 3.05) is 31.5 Å². The molecule has 1 N–H and O–H groups in total. The second-order valence-corrected chi connectivity index (χ2v) is 7.86. The summed E-state index contributed by atoms with van der Waals surface area (Å²) in [5.74, 6) is 1.07. The molecule has 0 radical (unpaired) electrons. The Labute approximate surface area is 189 Å². The fraction of sp³-hybridized carbons (Fsp3) is 0.318. The zero-order valence-electron chi connectivity index (χ0n) is 17.2. The predicted molar refractivity (Wildman–Crippen MR) is 119 cm³/mol. The lowest BCUT2D eigenvalue weighted by Gasteiger charge is -2.25. The van der Waals surface area contributed by atoms with E-state index in [0.29, 0.717) is 37.9 Å². The van der Waals surface area contributed by atoms with Crippen molar-refractivity contribution in [1.82, 2.24) is 19.9 Å². The molecule has 0 atom stereocenters. The van der Waals surface area contributed by atoms with Crippen LogP contribution in [-0.2, 0) is 12.7 Å². The molecule has 0 aliphatic carbocycles. The largest absolute Gasteiger partial charge is 0.418 e. The van der Waals surface area contributed by atoms with E-state index in [9.17, 15) is 13.2 Å². The SMILES string of the molecule is FC(F)(F)c1ccccc1NC(=S)N1CCCN(Cc2noc(-c3ccccc3)n2)CC1. The third kappa shape index (κ3) is 5.43. The van der Waals surface area contributed by atoms with Crippen LogP contribution in [0.25, 0.3) is 11.5 Å². The van der Waals surface area contributed by atoms with Gasteiger partial charge >= 0.3 is 6.18 Å². The van der Waals surface area contributed by atoms with Gasteiger partial charge in [-0.1, -0.05) is 35.5 Å². The molecule has 0 unspecified atom stereocenters. The van der Waals surface area contributed by atoms with E-state index < -0.39 is 11.7 Å². The van der Waals surface area contributed by atoms with E-state index in [4.69, 9.17) is 16.7 Å². The first-order valence-corrected chi connectivity index (χ1v) is 10.6. The molecule has 0 spiro atoms. The molecule has 2 aromatic carbocycles. The summed E-state index contributed by atoms with van der Waals surface area (Å²) in [5.41, 5.74) is 0.0975. The summed E-state index contributed by atoms with van der Waals surface area (Å²) in [6.07, 6.45) is -3.63. The van der Waals surface area contributed by atoms with Gasteiger partial charge in [0.1, 0.15) is 0 Å². The van der Waals surface area contributed by atoms with E-state index in [-0.39, 0.29) is 10.8 Å². The Hall–Kier alpha value is -2.98. The van der Waals surface area contributed by atoms with Gasteiger partial charge in [-0.05, 0) is 42.9 Å². The van der Waals surface area contributed by atoms with E-state index in [1.807, 2.05) is 35.2 Å². The summed E-state index contributed by atoms with van der Waals surface area (Å²) in [6.45, 7) is 3.24. The van der Waals surface area contributed by atoms with Gasteiger partial charge < -0.3 is 14.7 Å². The molecule has 32 heavy (non-hydrogen) atoms. The number of hydrogen-bond acceptors (Lipinski definition) is 5.